The van der Waals surface area contributed by atoms with Gasteiger partial charge in [0, 0.05) is 6.04 Å². The average molecular weight is 269 g/mol. The first kappa shape index (κ1) is 16.0. The lowest BCUT2D eigenvalue weighted by Gasteiger charge is -2.29. The van der Waals surface area contributed by atoms with Gasteiger partial charge >= 0.3 is 5.97 Å². The van der Waals surface area contributed by atoms with E-state index in [1.54, 1.807) is 0 Å². The zero-order valence-electron chi connectivity index (χ0n) is 12.3. The molecule has 2 N–H and O–H groups in total. The number of hydrogen-bond donors (Lipinski definition) is 2. The maximum absolute atomic E-state index is 12.2. The van der Waals surface area contributed by atoms with E-state index in [2.05, 4.69) is 19.2 Å². The van der Waals surface area contributed by atoms with Gasteiger partial charge < -0.3 is 10.4 Å². The Bertz CT molecular complexity index is 317. The first-order valence-electron chi connectivity index (χ1n) is 7.48. The average Bonchev–Trinajstić information content (AvgIpc) is 2.38. The summed E-state index contributed by atoms with van der Waals surface area (Å²) < 4.78 is 0. The first-order chi connectivity index (χ1) is 8.95. The molecule has 0 aromatic rings. The van der Waals surface area contributed by atoms with E-state index in [1.807, 2.05) is 6.92 Å². The molecule has 19 heavy (non-hydrogen) atoms. The highest BCUT2D eigenvalue weighted by Crippen LogP contribution is 2.30. The van der Waals surface area contributed by atoms with E-state index in [0.29, 0.717) is 18.8 Å². The largest absolute Gasteiger partial charge is 0.481 e. The van der Waals surface area contributed by atoms with Crippen LogP contribution in [0.3, 0.4) is 0 Å². The molecule has 4 nitrogen and oxygen atoms in total. The Morgan fingerprint density at radius 2 is 1.79 bits per heavy atom. The van der Waals surface area contributed by atoms with Crippen molar-refractivity contribution in [2.24, 2.45) is 17.8 Å². The van der Waals surface area contributed by atoms with Gasteiger partial charge in [-0.05, 0) is 32.1 Å². The summed E-state index contributed by atoms with van der Waals surface area (Å²) in [5.41, 5.74) is 0. The Hall–Kier alpha value is -1.06. The minimum absolute atomic E-state index is 0.0668. The molecule has 0 radical (unpaired) electrons. The zero-order chi connectivity index (χ0) is 14.4. The molecule has 1 saturated carbocycles. The molecule has 0 saturated heterocycles. The van der Waals surface area contributed by atoms with Gasteiger partial charge in [-0.2, -0.15) is 0 Å². The molecule has 0 bridgehead atoms. The third kappa shape index (κ3) is 4.84. The lowest BCUT2D eigenvalue weighted by Crippen LogP contribution is -2.43. The summed E-state index contributed by atoms with van der Waals surface area (Å²) in [6.07, 6.45) is 5.27. The fraction of sp³-hybridized carbons (Fsp3) is 0.867. The predicted octanol–water partition coefficient (Wildman–Crippen LogP) is 2.82. The van der Waals surface area contributed by atoms with E-state index in [1.165, 1.54) is 0 Å². The van der Waals surface area contributed by atoms with Crippen LogP contribution in [0, 0.1) is 17.8 Å². The number of carboxylic acids is 1. The van der Waals surface area contributed by atoms with Gasteiger partial charge in [-0.15, -0.1) is 0 Å². The monoisotopic (exact) mass is 269 g/mol. The topological polar surface area (TPSA) is 66.4 Å². The lowest BCUT2D eigenvalue weighted by molar-refractivity contribution is -0.149. The van der Waals surface area contributed by atoms with Gasteiger partial charge in [0.1, 0.15) is 0 Å². The van der Waals surface area contributed by atoms with Crippen LogP contribution in [0.15, 0.2) is 0 Å². The van der Waals surface area contributed by atoms with E-state index in [0.717, 1.165) is 25.7 Å². The fourth-order valence-electron chi connectivity index (χ4n) is 2.92. The number of aliphatic carboxylic acids is 1. The summed E-state index contributed by atoms with van der Waals surface area (Å²) in [6, 6.07) is 0.124. The van der Waals surface area contributed by atoms with Crippen LogP contribution in [-0.2, 0) is 9.59 Å². The lowest BCUT2D eigenvalue weighted by atomic mass is 9.78. The molecule has 1 aliphatic rings. The number of hydrogen-bond acceptors (Lipinski definition) is 2. The summed E-state index contributed by atoms with van der Waals surface area (Å²) in [5, 5.41) is 12.2. The molecule has 1 fully saturated rings. The van der Waals surface area contributed by atoms with Crippen LogP contribution in [0.2, 0.25) is 0 Å². The van der Waals surface area contributed by atoms with E-state index < -0.39 is 11.9 Å². The molecule has 110 valence electrons. The smallest absolute Gasteiger partial charge is 0.307 e. The minimum atomic E-state index is -0.825. The molecule has 0 aromatic carbocycles. The summed E-state index contributed by atoms with van der Waals surface area (Å²) in [7, 11) is 0. The predicted molar refractivity (Wildman–Crippen MR) is 74.8 cm³/mol. The van der Waals surface area contributed by atoms with Crippen LogP contribution in [0.4, 0.5) is 0 Å². The molecule has 0 heterocycles. The number of amides is 1. The molecule has 0 aliphatic heterocycles. The molecule has 2 unspecified atom stereocenters. The highest BCUT2D eigenvalue weighted by atomic mass is 16.4. The number of carbonyl (C=O) groups excluding carboxylic acids is 1. The van der Waals surface area contributed by atoms with Crippen LogP contribution in [0.5, 0.6) is 0 Å². The van der Waals surface area contributed by atoms with Crippen molar-refractivity contribution in [2.45, 2.75) is 65.3 Å². The first-order valence-corrected chi connectivity index (χ1v) is 7.48. The molecular formula is C15H27NO3. The van der Waals surface area contributed by atoms with Gasteiger partial charge in [-0.3, -0.25) is 9.59 Å². The third-order valence-electron chi connectivity index (χ3n) is 4.26. The summed E-state index contributed by atoms with van der Waals surface area (Å²) in [4.78, 5) is 23.4. The summed E-state index contributed by atoms with van der Waals surface area (Å²) in [6.45, 7) is 6.31. The molecule has 4 heteroatoms. The van der Waals surface area contributed by atoms with Crippen LogP contribution in [0.25, 0.3) is 0 Å². The van der Waals surface area contributed by atoms with Crippen molar-refractivity contribution in [3.8, 4) is 0 Å². The molecule has 0 aromatic heterocycles. The van der Waals surface area contributed by atoms with Gasteiger partial charge in [0.2, 0.25) is 5.91 Å². The molecule has 1 aliphatic carbocycles. The van der Waals surface area contributed by atoms with Crippen molar-refractivity contribution in [2.75, 3.05) is 0 Å². The van der Waals surface area contributed by atoms with Crippen molar-refractivity contribution < 1.29 is 14.7 Å². The van der Waals surface area contributed by atoms with Crippen LogP contribution >= 0.6 is 0 Å². The van der Waals surface area contributed by atoms with Crippen molar-refractivity contribution in [1.29, 1.82) is 0 Å². The van der Waals surface area contributed by atoms with E-state index in [4.69, 9.17) is 0 Å². The van der Waals surface area contributed by atoms with Gasteiger partial charge in [0.05, 0.1) is 11.8 Å². The summed E-state index contributed by atoms with van der Waals surface area (Å²) >= 11 is 0. The molecule has 4 atom stereocenters. The Morgan fingerprint density at radius 3 is 2.32 bits per heavy atom. The Kier molecular flexibility index (Phi) is 6.32. The second-order valence-electron chi connectivity index (χ2n) is 5.99. The van der Waals surface area contributed by atoms with Crippen LogP contribution < -0.4 is 5.32 Å². The standard InChI is InChI=1S/C15H27NO3/c1-4-10(2)9-11(3)16-14(17)12-7-5-6-8-13(12)15(18)19/h10-13H,4-9H2,1-3H3,(H,16,17)(H,18,19)/t10?,11?,12-,13+/m1/s1. The Morgan fingerprint density at radius 1 is 1.21 bits per heavy atom. The van der Waals surface area contributed by atoms with Crippen molar-refractivity contribution in [3.05, 3.63) is 0 Å². The van der Waals surface area contributed by atoms with Crippen molar-refractivity contribution in [3.63, 3.8) is 0 Å². The molecule has 1 amide bonds. The van der Waals surface area contributed by atoms with Crippen molar-refractivity contribution >= 4 is 11.9 Å². The number of carboxylic acid groups (broad SMARTS) is 1. The second kappa shape index (κ2) is 7.51. The highest BCUT2D eigenvalue weighted by molar-refractivity contribution is 5.85. The van der Waals surface area contributed by atoms with Crippen molar-refractivity contribution in [1.82, 2.24) is 5.32 Å². The molecular weight excluding hydrogens is 242 g/mol. The number of nitrogens with one attached hydrogen (secondary N) is 1. The summed E-state index contributed by atoms with van der Waals surface area (Å²) in [5.74, 6) is -1.15. The Labute approximate surface area is 116 Å². The highest BCUT2D eigenvalue weighted by Gasteiger charge is 2.35. The van der Waals surface area contributed by atoms with Gasteiger partial charge in [-0.1, -0.05) is 33.1 Å². The van der Waals surface area contributed by atoms with E-state index in [-0.39, 0.29) is 17.9 Å². The Balaban J connectivity index is 2.53. The molecule has 1 rings (SSSR count). The zero-order valence-corrected chi connectivity index (χ0v) is 12.3. The normalized spacial score (nSPS) is 26.5. The SMILES string of the molecule is CCC(C)CC(C)NC(=O)[C@@H]1CCCC[C@@H]1C(=O)O. The van der Waals surface area contributed by atoms with Gasteiger partial charge in [0.15, 0.2) is 0 Å². The fourth-order valence-corrected chi connectivity index (χ4v) is 2.92. The number of carbonyl (C=O) groups is 2. The van der Waals surface area contributed by atoms with Gasteiger partial charge in [0.25, 0.3) is 0 Å². The molecule has 0 spiro atoms. The quantitative estimate of drug-likeness (QED) is 0.779. The van der Waals surface area contributed by atoms with Crippen LogP contribution in [-0.4, -0.2) is 23.0 Å². The third-order valence-corrected chi connectivity index (χ3v) is 4.26. The number of rotatable bonds is 6. The van der Waals surface area contributed by atoms with Gasteiger partial charge in [-0.25, -0.2) is 0 Å². The second-order valence-corrected chi connectivity index (χ2v) is 5.99. The maximum Gasteiger partial charge on any atom is 0.307 e. The maximum atomic E-state index is 12.2. The minimum Gasteiger partial charge on any atom is -0.481 e. The van der Waals surface area contributed by atoms with E-state index >= 15 is 0 Å². The van der Waals surface area contributed by atoms with E-state index in [9.17, 15) is 14.7 Å². The van der Waals surface area contributed by atoms with Crippen LogP contribution in [0.1, 0.15) is 59.3 Å².